The Labute approximate surface area is 136 Å². The molecule has 126 valence electrons. The molecule has 1 fully saturated rings. The van der Waals surface area contributed by atoms with Gasteiger partial charge in [0.2, 0.25) is 0 Å². The van der Waals surface area contributed by atoms with Crippen LogP contribution in [0, 0.1) is 5.82 Å². The van der Waals surface area contributed by atoms with E-state index in [0.29, 0.717) is 13.2 Å². The summed E-state index contributed by atoms with van der Waals surface area (Å²) in [5.41, 5.74) is 1.50. The predicted molar refractivity (Wildman–Crippen MR) is 85.4 cm³/mol. The van der Waals surface area contributed by atoms with E-state index in [4.69, 9.17) is 14.2 Å². The Morgan fingerprint density at radius 1 is 1.48 bits per heavy atom. The number of ether oxygens (including phenoxy) is 3. The lowest BCUT2D eigenvalue weighted by atomic mass is 9.98. The van der Waals surface area contributed by atoms with E-state index in [0.717, 1.165) is 30.6 Å². The smallest absolute Gasteiger partial charge is 0.330 e. The fraction of sp³-hybridized carbons (Fsp3) is 0.500. The van der Waals surface area contributed by atoms with E-state index in [1.165, 1.54) is 18.2 Å². The maximum atomic E-state index is 13.7. The summed E-state index contributed by atoms with van der Waals surface area (Å²) in [6.07, 6.45) is 4.62. The van der Waals surface area contributed by atoms with Gasteiger partial charge in [0.25, 0.3) is 0 Å². The van der Waals surface area contributed by atoms with Gasteiger partial charge in [0, 0.05) is 6.08 Å². The van der Waals surface area contributed by atoms with Gasteiger partial charge in [-0.3, -0.25) is 0 Å². The third-order valence-electron chi connectivity index (χ3n) is 3.52. The number of epoxide rings is 1. The van der Waals surface area contributed by atoms with Gasteiger partial charge >= 0.3 is 5.97 Å². The van der Waals surface area contributed by atoms with Crippen molar-refractivity contribution in [1.82, 2.24) is 0 Å². The number of hydrogen-bond donors (Lipinski definition) is 0. The van der Waals surface area contributed by atoms with Crippen LogP contribution in [-0.4, -0.2) is 31.9 Å². The number of benzene rings is 1. The Bertz CT molecular complexity index is 552. The summed E-state index contributed by atoms with van der Waals surface area (Å²) in [6, 6.07) is 4.50. The Morgan fingerprint density at radius 3 is 2.91 bits per heavy atom. The molecule has 0 spiro atoms. The first kappa shape index (κ1) is 17.6. The summed E-state index contributed by atoms with van der Waals surface area (Å²) < 4.78 is 29.6. The topological polar surface area (TPSA) is 48.1 Å². The van der Waals surface area contributed by atoms with Crippen LogP contribution in [0.25, 0.3) is 6.08 Å². The van der Waals surface area contributed by atoms with Gasteiger partial charge in [0.05, 0.1) is 25.9 Å². The summed E-state index contributed by atoms with van der Waals surface area (Å²) in [4.78, 5) is 11.5. The van der Waals surface area contributed by atoms with Crippen molar-refractivity contribution in [2.45, 2.75) is 38.9 Å². The van der Waals surface area contributed by atoms with Crippen molar-refractivity contribution in [3.8, 4) is 0 Å². The predicted octanol–water partition coefficient (Wildman–Crippen LogP) is 3.66. The Balaban J connectivity index is 2.18. The van der Waals surface area contributed by atoms with E-state index in [2.05, 4.69) is 6.92 Å². The average molecular weight is 322 g/mol. The number of rotatable bonds is 9. The summed E-state index contributed by atoms with van der Waals surface area (Å²) in [6.45, 7) is 5.35. The first-order chi connectivity index (χ1) is 11.1. The molecule has 0 radical (unpaired) electrons. The highest BCUT2D eigenvalue weighted by molar-refractivity contribution is 5.87. The molecule has 0 N–H and O–H groups in total. The lowest BCUT2D eigenvalue weighted by molar-refractivity contribution is -0.137. The van der Waals surface area contributed by atoms with Crippen molar-refractivity contribution in [1.29, 1.82) is 0 Å². The normalized spacial score (nSPS) is 18.1. The van der Waals surface area contributed by atoms with Crippen molar-refractivity contribution in [2.24, 2.45) is 0 Å². The maximum absolute atomic E-state index is 13.7. The van der Waals surface area contributed by atoms with Gasteiger partial charge in [-0.2, -0.15) is 0 Å². The van der Waals surface area contributed by atoms with Crippen LogP contribution in [-0.2, 0) is 19.0 Å². The number of carbonyl (C=O) groups excluding carboxylic acids is 1. The molecule has 2 atom stereocenters. The molecule has 1 heterocycles. The molecule has 0 amide bonds. The van der Waals surface area contributed by atoms with Crippen LogP contribution in [0.15, 0.2) is 24.3 Å². The molecule has 2 rings (SSSR count). The van der Waals surface area contributed by atoms with E-state index in [1.54, 1.807) is 19.1 Å². The highest BCUT2D eigenvalue weighted by Gasteiger charge is 2.25. The monoisotopic (exact) mass is 322 g/mol. The lowest BCUT2D eigenvalue weighted by Gasteiger charge is -2.19. The molecule has 1 saturated heterocycles. The molecule has 0 bridgehead atoms. The molecule has 5 heteroatoms. The molecule has 1 aromatic rings. The molecule has 0 unspecified atom stereocenters. The van der Waals surface area contributed by atoms with E-state index in [-0.39, 0.29) is 18.0 Å². The van der Waals surface area contributed by atoms with Crippen LogP contribution in [0.3, 0.4) is 0 Å². The van der Waals surface area contributed by atoms with Gasteiger partial charge in [0.1, 0.15) is 11.9 Å². The Kier molecular flexibility index (Phi) is 6.74. The second kappa shape index (κ2) is 8.79. The summed E-state index contributed by atoms with van der Waals surface area (Å²) in [7, 11) is 0. The molecule has 0 aliphatic carbocycles. The van der Waals surface area contributed by atoms with Crippen LogP contribution in [0.2, 0.25) is 0 Å². The molecule has 1 aromatic carbocycles. The Hall–Kier alpha value is -1.72. The third kappa shape index (κ3) is 5.77. The van der Waals surface area contributed by atoms with E-state index >= 15 is 0 Å². The number of halogens is 1. The van der Waals surface area contributed by atoms with Crippen LogP contribution in [0.1, 0.15) is 43.9 Å². The zero-order valence-corrected chi connectivity index (χ0v) is 13.6. The number of carbonyl (C=O) groups is 1. The number of hydrogen-bond acceptors (Lipinski definition) is 4. The minimum absolute atomic E-state index is 0.154. The van der Waals surface area contributed by atoms with Gasteiger partial charge in [-0.25, -0.2) is 9.18 Å². The van der Waals surface area contributed by atoms with Gasteiger partial charge in [-0.05, 0) is 42.7 Å². The quantitative estimate of drug-likeness (QED) is 0.395. The van der Waals surface area contributed by atoms with Gasteiger partial charge in [-0.1, -0.05) is 19.4 Å². The molecule has 23 heavy (non-hydrogen) atoms. The van der Waals surface area contributed by atoms with Crippen molar-refractivity contribution >= 4 is 12.0 Å². The lowest BCUT2D eigenvalue weighted by Crippen LogP contribution is -2.11. The van der Waals surface area contributed by atoms with Crippen molar-refractivity contribution in [3.63, 3.8) is 0 Å². The molecular formula is C18H23FO4. The first-order valence-corrected chi connectivity index (χ1v) is 8.01. The Morgan fingerprint density at radius 2 is 2.26 bits per heavy atom. The van der Waals surface area contributed by atoms with Crippen LogP contribution >= 0.6 is 0 Å². The molecule has 4 nitrogen and oxygen atoms in total. The van der Waals surface area contributed by atoms with Crippen molar-refractivity contribution < 1.29 is 23.4 Å². The zero-order valence-electron chi connectivity index (χ0n) is 13.6. The van der Waals surface area contributed by atoms with E-state index in [1.807, 2.05) is 0 Å². The minimum Gasteiger partial charge on any atom is -0.463 e. The van der Waals surface area contributed by atoms with Crippen LogP contribution in [0.4, 0.5) is 4.39 Å². The molecular weight excluding hydrogens is 299 g/mol. The highest BCUT2D eigenvalue weighted by Crippen LogP contribution is 2.29. The van der Waals surface area contributed by atoms with Gasteiger partial charge in [0.15, 0.2) is 0 Å². The van der Waals surface area contributed by atoms with Crippen molar-refractivity contribution in [2.75, 3.05) is 19.8 Å². The largest absolute Gasteiger partial charge is 0.463 e. The van der Waals surface area contributed by atoms with Crippen molar-refractivity contribution in [3.05, 3.63) is 41.2 Å². The average Bonchev–Trinajstić information content (AvgIpc) is 3.35. The second-order valence-electron chi connectivity index (χ2n) is 5.42. The van der Waals surface area contributed by atoms with Crippen LogP contribution in [0.5, 0.6) is 0 Å². The van der Waals surface area contributed by atoms with E-state index < -0.39 is 5.97 Å². The zero-order chi connectivity index (χ0) is 16.7. The first-order valence-electron chi connectivity index (χ1n) is 8.01. The number of esters is 1. The summed E-state index contributed by atoms with van der Waals surface area (Å²) >= 11 is 0. The maximum Gasteiger partial charge on any atom is 0.330 e. The standard InChI is InChI=1S/C18H23FO4/c1-3-5-17(23-12-15-11-22-15)16-10-14(19)8-6-13(16)7-9-18(20)21-4-2/h6-10,15,17H,3-5,11-12H2,1-2H3/t15-,17-/m1/s1. The van der Waals surface area contributed by atoms with Crippen LogP contribution < -0.4 is 0 Å². The SMILES string of the molecule is CCC[C@@H](OC[C@H]1CO1)c1cc(F)ccc1C=CC(=O)OCC. The molecule has 0 aromatic heterocycles. The minimum atomic E-state index is -0.415. The fourth-order valence-electron chi connectivity index (χ4n) is 2.30. The van der Waals surface area contributed by atoms with Gasteiger partial charge in [-0.15, -0.1) is 0 Å². The summed E-state index contributed by atoms with van der Waals surface area (Å²) in [5.74, 6) is -0.734. The highest BCUT2D eigenvalue weighted by atomic mass is 19.1. The molecule has 1 aliphatic rings. The third-order valence-corrected chi connectivity index (χ3v) is 3.52. The van der Waals surface area contributed by atoms with E-state index in [9.17, 15) is 9.18 Å². The molecule has 1 aliphatic heterocycles. The summed E-state index contributed by atoms with van der Waals surface area (Å²) in [5, 5.41) is 0. The second-order valence-corrected chi connectivity index (χ2v) is 5.42. The van der Waals surface area contributed by atoms with Gasteiger partial charge < -0.3 is 14.2 Å². The fourth-order valence-corrected chi connectivity index (χ4v) is 2.30. The molecule has 0 saturated carbocycles.